The zero-order chi connectivity index (χ0) is 21.1. The van der Waals surface area contributed by atoms with Crippen LogP contribution in [0.3, 0.4) is 0 Å². The summed E-state index contributed by atoms with van der Waals surface area (Å²) in [6.45, 7) is 5.76. The number of nitrogens with one attached hydrogen (secondary N) is 1. The van der Waals surface area contributed by atoms with Crippen LogP contribution < -0.4 is 10.4 Å². The number of aromatic nitrogens is 2. The number of benzene rings is 1. The van der Waals surface area contributed by atoms with Gasteiger partial charge in [-0.2, -0.15) is 0 Å². The molecule has 3 heterocycles. The number of Topliss-reactive ketones (excluding diaryl/α,β-unsaturated/α-hetero) is 1. The van der Waals surface area contributed by atoms with Crippen LogP contribution in [0.4, 0.5) is 5.69 Å². The molecule has 0 aliphatic carbocycles. The Morgan fingerprint density at radius 3 is 2.67 bits per heavy atom. The molecule has 0 bridgehead atoms. The lowest BCUT2D eigenvalue weighted by molar-refractivity contribution is 0.0976. The molecular formula is C23H26ClN5O. The number of hydrogen-bond donors (Lipinski definition) is 1. The fourth-order valence-electron chi connectivity index (χ4n) is 3.74. The zero-order valence-electron chi connectivity index (χ0n) is 17.4. The van der Waals surface area contributed by atoms with Crippen LogP contribution in [0.2, 0.25) is 5.02 Å². The molecule has 2 aromatic heterocycles. The molecule has 1 N–H and O–H groups in total. The summed E-state index contributed by atoms with van der Waals surface area (Å²) in [5, 5.41) is 2.71. The molecule has 4 rings (SSSR count). The van der Waals surface area contributed by atoms with Crippen molar-refractivity contribution in [3.8, 4) is 0 Å². The number of rotatable bonds is 7. The number of nitrogens with zero attached hydrogens (tertiary/aromatic N) is 4. The zero-order valence-corrected chi connectivity index (χ0v) is 18.1. The molecule has 1 aromatic carbocycles. The maximum Gasteiger partial charge on any atom is 0.181 e. The van der Waals surface area contributed by atoms with Gasteiger partial charge in [-0.25, -0.2) is 4.98 Å². The molecule has 0 saturated carbocycles. The van der Waals surface area contributed by atoms with Crippen LogP contribution >= 0.6 is 11.6 Å². The van der Waals surface area contributed by atoms with Crippen LogP contribution in [0.5, 0.6) is 0 Å². The number of anilines is 1. The average Bonchev–Trinajstić information content (AvgIpc) is 3.15. The predicted octanol–water partition coefficient (Wildman–Crippen LogP) is 4.50. The first kappa shape index (κ1) is 20.4. The van der Waals surface area contributed by atoms with Gasteiger partial charge in [-0.05, 0) is 42.7 Å². The highest BCUT2D eigenvalue weighted by atomic mass is 35.5. The van der Waals surface area contributed by atoms with Crippen molar-refractivity contribution >= 4 is 34.6 Å². The molecule has 30 heavy (non-hydrogen) atoms. The summed E-state index contributed by atoms with van der Waals surface area (Å²) in [6.07, 6.45) is 4.49. The summed E-state index contributed by atoms with van der Waals surface area (Å²) in [5.41, 5.74) is 7.82. The highest BCUT2D eigenvalue weighted by Crippen LogP contribution is 2.21. The number of pyridine rings is 1. The van der Waals surface area contributed by atoms with Gasteiger partial charge >= 0.3 is 0 Å². The predicted molar refractivity (Wildman–Crippen MR) is 122 cm³/mol. The molecule has 1 aliphatic heterocycles. The molecule has 156 valence electrons. The van der Waals surface area contributed by atoms with Gasteiger partial charge in [0.1, 0.15) is 17.2 Å². The van der Waals surface area contributed by atoms with Crippen LogP contribution in [-0.4, -0.2) is 34.1 Å². The lowest BCUT2D eigenvalue weighted by atomic mass is 10.0. The van der Waals surface area contributed by atoms with E-state index in [2.05, 4.69) is 51.6 Å². The van der Waals surface area contributed by atoms with E-state index < -0.39 is 0 Å². The van der Waals surface area contributed by atoms with Gasteiger partial charge in [-0.1, -0.05) is 37.6 Å². The van der Waals surface area contributed by atoms with Crippen molar-refractivity contribution in [3.05, 3.63) is 64.6 Å². The third-order valence-corrected chi connectivity index (χ3v) is 5.59. The molecule has 0 saturated heterocycles. The minimum atomic E-state index is 0.0900. The molecule has 0 spiro atoms. The van der Waals surface area contributed by atoms with Crippen molar-refractivity contribution in [2.24, 2.45) is 4.99 Å². The number of hydrogen-bond acceptors (Lipinski definition) is 5. The maximum atomic E-state index is 13.0. The number of hydrazine groups is 1. The van der Waals surface area contributed by atoms with Gasteiger partial charge in [-0.15, -0.1) is 0 Å². The Hall–Kier alpha value is -2.86. The van der Waals surface area contributed by atoms with Crippen LogP contribution in [-0.2, 0) is 12.8 Å². The maximum absolute atomic E-state index is 13.0. The van der Waals surface area contributed by atoms with Gasteiger partial charge in [0.05, 0.1) is 29.5 Å². The standard InChI is InChI=1S/C23H26ClN5O/c1-3-19-23(28-15-17(24)8-12-22(28)26-19)20(30)11-7-16-5-9-18(10-6-16)29-14-13-25-21(4-2)27-29/h5-6,8-10,12,15H,3-4,7,11,13-14H2,1-2H3,(H,25,27). The number of imidazole rings is 1. The molecular weight excluding hydrogens is 398 g/mol. The average molecular weight is 424 g/mol. The molecule has 3 aromatic rings. The van der Waals surface area contributed by atoms with E-state index in [9.17, 15) is 4.79 Å². The summed E-state index contributed by atoms with van der Waals surface area (Å²) in [7, 11) is 0. The lowest BCUT2D eigenvalue weighted by Crippen LogP contribution is -2.47. The summed E-state index contributed by atoms with van der Waals surface area (Å²) in [6, 6.07) is 12.0. The monoisotopic (exact) mass is 423 g/mol. The van der Waals surface area contributed by atoms with Crippen molar-refractivity contribution in [1.82, 2.24) is 14.8 Å². The fourth-order valence-corrected chi connectivity index (χ4v) is 3.91. The van der Waals surface area contributed by atoms with E-state index in [1.807, 2.05) is 17.4 Å². The van der Waals surface area contributed by atoms with E-state index in [1.54, 1.807) is 12.3 Å². The van der Waals surface area contributed by atoms with Crippen molar-refractivity contribution in [3.63, 3.8) is 0 Å². The third-order valence-electron chi connectivity index (χ3n) is 5.37. The van der Waals surface area contributed by atoms with Crippen molar-refractivity contribution in [2.45, 2.75) is 39.5 Å². The van der Waals surface area contributed by atoms with E-state index >= 15 is 0 Å². The van der Waals surface area contributed by atoms with Crippen molar-refractivity contribution in [2.75, 3.05) is 18.1 Å². The number of carbonyl (C=O) groups excluding carboxylic acids is 1. The first-order valence-corrected chi connectivity index (χ1v) is 10.8. The SMILES string of the molecule is CCC1=NCCN(c2ccc(CCC(=O)c3c(CC)nc4ccc(Cl)cn34)cc2)N1. The van der Waals surface area contributed by atoms with E-state index in [4.69, 9.17) is 11.6 Å². The number of amidine groups is 1. The van der Waals surface area contributed by atoms with Gasteiger partial charge in [0.15, 0.2) is 5.78 Å². The molecule has 0 unspecified atom stereocenters. The number of fused-ring (bicyclic) bond motifs is 1. The Morgan fingerprint density at radius 1 is 1.13 bits per heavy atom. The Kier molecular flexibility index (Phi) is 6.04. The Morgan fingerprint density at radius 2 is 1.93 bits per heavy atom. The lowest BCUT2D eigenvalue weighted by Gasteiger charge is -2.30. The Labute approximate surface area is 181 Å². The quantitative estimate of drug-likeness (QED) is 0.568. The Balaban J connectivity index is 1.45. The number of carbonyl (C=O) groups is 1. The van der Waals surface area contributed by atoms with Crippen LogP contribution in [0.15, 0.2) is 47.6 Å². The molecule has 0 radical (unpaired) electrons. The highest BCUT2D eigenvalue weighted by Gasteiger charge is 2.18. The molecule has 1 aliphatic rings. The molecule has 6 nitrogen and oxygen atoms in total. The second-order valence-electron chi connectivity index (χ2n) is 7.37. The van der Waals surface area contributed by atoms with E-state index in [0.717, 1.165) is 47.9 Å². The molecule has 0 amide bonds. The smallest absolute Gasteiger partial charge is 0.181 e. The number of ketones is 1. The summed E-state index contributed by atoms with van der Waals surface area (Å²) >= 11 is 6.14. The summed E-state index contributed by atoms with van der Waals surface area (Å²) < 4.78 is 1.82. The fraction of sp³-hybridized carbons (Fsp3) is 0.348. The molecule has 0 atom stereocenters. The largest absolute Gasteiger partial charge is 0.295 e. The van der Waals surface area contributed by atoms with E-state index in [-0.39, 0.29) is 5.78 Å². The first-order chi connectivity index (χ1) is 14.6. The van der Waals surface area contributed by atoms with Crippen molar-refractivity contribution < 1.29 is 4.79 Å². The van der Waals surface area contributed by atoms with Gasteiger partial charge in [0, 0.05) is 19.0 Å². The van der Waals surface area contributed by atoms with Crippen LogP contribution in [0, 0.1) is 0 Å². The minimum Gasteiger partial charge on any atom is -0.295 e. The number of aliphatic imine (C=N–C) groups is 1. The minimum absolute atomic E-state index is 0.0900. The summed E-state index contributed by atoms with van der Waals surface area (Å²) in [4.78, 5) is 22.1. The van der Waals surface area contributed by atoms with Gasteiger partial charge < -0.3 is 0 Å². The first-order valence-electron chi connectivity index (χ1n) is 10.4. The second kappa shape index (κ2) is 8.88. The van der Waals surface area contributed by atoms with Gasteiger partial charge in [0.25, 0.3) is 0 Å². The van der Waals surface area contributed by atoms with Gasteiger partial charge in [-0.3, -0.25) is 24.6 Å². The van der Waals surface area contributed by atoms with Crippen molar-refractivity contribution in [1.29, 1.82) is 0 Å². The third kappa shape index (κ3) is 4.19. The number of aryl methyl sites for hydroxylation is 2. The van der Waals surface area contributed by atoms with E-state index in [1.165, 1.54) is 0 Å². The second-order valence-corrected chi connectivity index (χ2v) is 7.81. The van der Waals surface area contributed by atoms with Gasteiger partial charge in [0.2, 0.25) is 0 Å². The Bertz CT molecular complexity index is 1090. The normalized spacial score (nSPS) is 14.0. The molecule has 7 heteroatoms. The number of halogens is 1. The van der Waals surface area contributed by atoms with Crippen LogP contribution in [0.1, 0.15) is 48.4 Å². The van der Waals surface area contributed by atoms with E-state index in [0.29, 0.717) is 30.0 Å². The highest BCUT2D eigenvalue weighted by molar-refractivity contribution is 6.30. The summed E-state index contributed by atoms with van der Waals surface area (Å²) in [5.74, 6) is 1.10. The van der Waals surface area contributed by atoms with Crippen LogP contribution in [0.25, 0.3) is 5.65 Å². The topological polar surface area (TPSA) is 62.0 Å². The molecule has 0 fully saturated rings.